The van der Waals surface area contributed by atoms with Crippen LogP contribution in [0.3, 0.4) is 0 Å². The van der Waals surface area contributed by atoms with Crippen molar-refractivity contribution >= 4 is 33.7 Å². The Balaban J connectivity index is 1.79. The number of ether oxygens (including phenoxy) is 3. The molecule has 0 saturated heterocycles. The number of methoxy groups -OCH3 is 3. The van der Waals surface area contributed by atoms with E-state index in [1.807, 2.05) is 24.3 Å². The van der Waals surface area contributed by atoms with Gasteiger partial charge in [0.05, 0.1) is 39.0 Å². The van der Waals surface area contributed by atoms with Crippen LogP contribution in [0.15, 0.2) is 52.2 Å². The quantitative estimate of drug-likeness (QED) is 0.261. The maximum atomic E-state index is 12.5. The number of hydrazone groups is 1. The molecule has 0 unspecified atom stereocenters. The molecular weight excluding hydrogens is 498 g/mol. The fourth-order valence-corrected chi connectivity index (χ4v) is 3.45. The lowest BCUT2D eigenvalue weighted by Crippen LogP contribution is -2.19. The lowest BCUT2D eigenvalue weighted by molar-refractivity contribution is -0.385. The van der Waals surface area contributed by atoms with Gasteiger partial charge in [-0.05, 0) is 29.8 Å². The molecule has 1 amide bonds. The van der Waals surface area contributed by atoms with Crippen molar-refractivity contribution in [3.05, 3.63) is 74.0 Å². The number of benzene rings is 2. The van der Waals surface area contributed by atoms with Crippen molar-refractivity contribution in [3.63, 3.8) is 0 Å². The molecule has 33 heavy (non-hydrogen) atoms. The number of nitro groups is 1. The van der Waals surface area contributed by atoms with Crippen molar-refractivity contribution in [1.29, 1.82) is 0 Å². The molecule has 0 aliphatic rings. The summed E-state index contributed by atoms with van der Waals surface area (Å²) in [5.41, 5.74) is 2.88. The topological polar surface area (TPSA) is 130 Å². The number of carbonyl (C=O) groups excluding carboxylic acids is 1. The smallest absolute Gasteiger partial charge is 0.320 e. The number of hydrogen-bond donors (Lipinski definition) is 1. The van der Waals surface area contributed by atoms with Gasteiger partial charge in [-0.1, -0.05) is 28.1 Å². The lowest BCUT2D eigenvalue weighted by Gasteiger charge is -2.12. The first-order valence-electron chi connectivity index (χ1n) is 9.46. The molecule has 3 rings (SSSR count). The van der Waals surface area contributed by atoms with Gasteiger partial charge in [0.15, 0.2) is 11.5 Å². The van der Waals surface area contributed by atoms with Crippen LogP contribution in [-0.2, 0) is 6.54 Å². The number of nitrogens with zero attached hydrogens (tertiary/aromatic N) is 4. The van der Waals surface area contributed by atoms with Gasteiger partial charge in [0, 0.05) is 10.0 Å². The zero-order chi connectivity index (χ0) is 24.0. The van der Waals surface area contributed by atoms with Crippen LogP contribution in [0.4, 0.5) is 5.69 Å². The SMILES string of the molecule is COc1cc(/C=N\NC(=O)c2nn(Cc3cccc(Br)c3)cc2[N+](=O)[O-])cc(OC)c1OC. The highest BCUT2D eigenvalue weighted by atomic mass is 79.9. The second-order valence-electron chi connectivity index (χ2n) is 6.61. The van der Waals surface area contributed by atoms with Crippen LogP contribution < -0.4 is 19.6 Å². The van der Waals surface area contributed by atoms with Crippen molar-refractivity contribution in [2.75, 3.05) is 21.3 Å². The van der Waals surface area contributed by atoms with Gasteiger partial charge in [0.1, 0.15) is 6.20 Å². The molecule has 0 aliphatic heterocycles. The standard InChI is InChI=1S/C21H20BrN5O6/c1-31-17-8-14(9-18(32-2)20(17)33-3)10-23-24-21(28)19-16(27(29)30)12-26(25-19)11-13-5-4-6-15(22)7-13/h4-10,12H,11H2,1-3H3,(H,24,28)/b23-10-. The second-order valence-corrected chi connectivity index (χ2v) is 7.52. The van der Waals surface area contributed by atoms with Gasteiger partial charge in [-0.15, -0.1) is 0 Å². The van der Waals surface area contributed by atoms with E-state index in [-0.39, 0.29) is 12.2 Å². The monoisotopic (exact) mass is 517 g/mol. The number of carbonyl (C=O) groups is 1. The average Bonchev–Trinajstić information content (AvgIpc) is 3.22. The van der Waals surface area contributed by atoms with Gasteiger partial charge < -0.3 is 14.2 Å². The minimum Gasteiger partial charge on any atom is -0.493 e. The molecule has 2 aromatic carbocycles. The van der Waals surface area contributed by atoms with Crippen LogP contribution in [0.1, 0.15) is 21.6 Å². The first-order valence-corrected chi connectivity index (χ1v) is 10.2. The van der Waals surface area contributed by atoms with E-state index < -0.39 is 16.5 Å². The Labute approximate surface area is 197 Å². The molecule has 0 radical (unpaired) electrons. The zero-order valence-electron chi connectivity index (χ0n) is 17.9. The summed E-state index contributed by atoms with van der Waals surface area (Å²) in [5, 5.41) is 19.4. The third kappa shape index (κ3) is 5.66. The summed E-state index contributed by atoms with van der Waals surface area (Å²) in [6.07, 6.45) is 2.55. The number of amides is 1. The summed E-state index contributed by atoms with van der Waals surface area (Å²) in [5.74, 6) is 0.407. The van der Waals surface area contributed by atoms with Crippen LogP contribution >= 0.6 is 15.9 Å². The molecule has 1 aromatic heterocycles. The van der Waals surface area contributed by atoms with Crippen molar-refractivity contribution in [1.82, 2.24) is 15.2 Å². The fraction of sp³-hybridized carbons (Fsp3) is 0.190. The molecule has 0 atom stereocenters. The van der Waals surface area contributed by atoms with E-state index >= 15 is 0 Å². The van der Waals surface area contributed by atoms with E-state index in [4.69, 9.17) is 14.2 Å². The molecule has 11 nitrogen and oxygen atoms in total. The van der Waals surface area contributed by atoms with Crippen molar-refractivity contribution in [2.24, 2.45) is 5.10 Å². The molecule has 12 heteroatoms. The molecule has 1 heterocycles. The number of halogens is 1. The zero-order valence-corrected chi connectivity index (χ0v) is 19.5. The molecule has 3 aromatic rings. The molecule has 0 aliphatic carbocycles. The number of hydrogen-bond acceptors (Lipinski definition) is 8. The Morgan fingerprint density at radius 2 is 1.91 bits per heavy atom. The Kier molecular flexibility index (Phi) is 7.61. The Hall–Kier alpha value is -3.93. The summed E-state index contributed by atoms with van der Waals surface area (Å²) in [7, 11) is 4.43. The molecule has 0 spiro atoms. The molecule has 0 fully saturated rings. The van der Waals surface area contributed by atoms with Crippen LogP contribution in [0, 0.1) is 10.1 Å². The molecule has 1 N–H and O–H groups in total. The molecule has 0 saturated carbocycles. The molecule has 0 bridgehead atoms. The van der Waals surface area contributed by atoms with Crippen molar-refractivity contribution < 1.29 is 23.9 Å². The highest BCUT2D eigenvalue weighted by Crippen LogP contribution is 2.37. The third-order valence-electron chi connectivity index (χ3n) is 4.45. The minimum absolute atomic E-state index is 0.252. The van der Waals surface area contributed by atoms with Gasteiger partial charge in [0.2, 0.25) is 11.4 Å². The summed E-state index contributed by atoms with van der Waals surface area (Å²) < 4.78 is 18.0. The van der Waals surface area contributed by atoms with Gasteiger partial charge in [-0.25, -0.2) is 5.43 Å². The predicted molar refractivity (Wildman–Crippen MR) is 123 cm³/mol. The number of rotatable bonds is 9. The van der Waals surface area contributed by atoms with Crippen molar-refractivity contribution in [2.45, 2.75) is 6.54 Å². The van der Waals surface area contributed by atoms with Crippen LogP contribution in [0.2, 0.25) is 0 Å². The van der Waals surface area contributed by atoms with E-state index in [0.717, 1.165) is 10.0 Å². The maximum absolute atomic E-state index is 12.5. The van der Waals surface area contributed by atoms with Gasteiger partial charge in [0.25, 0.3) is 5.91 Å². The second kappa shape index (κ2) is 10.6. The lowest BCUT2D eigenvalue weighted by atomic mass is 10.2. The van der Waals surface area contributed by atoms with E-state index in [9.17, 15) is 14.9 Å². The van der Waals surface area contributed by atoms with E-state index in [1.54, 1.807) is 12.1 Å². The van der Waals surface area contributed by atoms with Crippen LogP contribution in [0.25, 0.3) is 0 Å². The Bertz CT molecular complexity index is 1180. The first-order chi connectivity index (χ1) is 15.9. The summed E-state index contributed by atoms with van der Waals surface area (Å²) in [6.45, 7) is 0.252. The summed E-state index contributed by atoms with van der Waals surface area (Å²) in [4.78, 5) is 23.3. The molecular formula is C21H20BrN5O6. The minimum atomic E-state index is -0.821. The maximum Gasteiger partial charge on any atom is 0.320 e. The van der Waals surface area contributed by atoms with E-state index in [2.05, 4.69) is 31.6 Å². The van der Waals surface area contributed by atoms with E-state index in [1.165, 1.54) is 38.4 Å². The predicted octanol–water partition coefficient (Wildman–Crippen LogP) is 3.39. The average molecular weight is 518 g/mol. The Morgan fingerprint density at radius 1 is 1.21 bits per heavy atom. The number of nitrogens with one attached hydrogen (secondary N) is 1. The van der Waals surface area contributed by atoms with Crippen LogP contribution in [0.5, 0.6) is 17.2 Å². The number of aromatic nitrogens is 2. The summed E-state index contributed by atoms with van der Waals surface area (Å²) in [6, 6.07) is 10.7. The fourth-order valence-electron chi connectivity index (χ4n) is 3.00. The molecule has 172 valence electrons. The normalized spacial score (nSPS) is 10.8. The Morgan fingerprint density at radius 3 is 2.48 bits per heavy atom. The highest BCUT2D eigenvalue weighted by molar-refractivity contribution is 9.10. The largest absolute Gasteiger partial charge is 0.493 e. The third-order valence-corrected chi connectivity index (χ3v) is 4.95. The first kappa shape index (κ1) is 23.7. The van der Waals surface area contributed by atoms with E-state index in [0.29, 0.717) is 22.8 Å². The highest BCUT2D eigenvalue weighted by Gasteiger charge is 2.25. The van der Waals surface area contributed by atoms with Gasteiger partial charge in [-0.3, -0.25) is 19.6 Å². The van der Waals surface area contributed by atoms with Gasteiger partial charge >= 0.3 is 5.69 Å². The summed E-state index contributed by atoms with van der Waals surface area (Å²) >= 11 is 3.37. The van der Waals surface area contributed by atoms with Crippen LogP contribution in [-0.4, -0.2) is 48.2 Å². The van der Waals surface area contributed by atoms with Gasteiger partial charge in [-0.2, -0.15) is 10.2 Å². The van der Waals surface area contributed by atoms with Crippen molar-refractivity contribution in [3.8, 4) is 17.2 Å².